The van der Waals surface area contributed by atoms with Gasteiger partial charge in [-0.05, 0) is 24.3 Å². The Balaban J connectivity index is 0.00000242. The van der Waals surface area contributed by atoms with Crippen molar-refractivity contribution in [3.05, 3.63) is 53.1 Å². The standard InChI is InChI=1S/C13H10ClNO5S.K/c14-10-3-1-2-4-11(10)15-21(19,20)8-5-6-12(16)9(7-8)13(17)18;/h1-7,15-16H,(H,17,18);/p-1. The molecule has 0 bridgehead atoms. The third-order valence-electron chi connectivity index (χ3n) is 2.61. The van der Waals surface area contributed by atoms with Crippen LogP contribution in [0.2, 0.25) is 5.02 Å². The maximum absolute atomic E-state index is 12.2. The average Bonchev–Trinajstić information content (AvgIpc) is 2.41. The van der Waals surface area contributed by atoms with Crippen molar-refractivity contribution in [3.8, 4) is 5.75 Å². The van der Waals surface area contributed by atoms with E-state index in [1.54, 1.807) is 12.1 Å². The van der Waals surface area contributed by atoms with Crippen molar-refractivity contribution in [3.63, 3.8) is 0 Å². The van der Waals surface area contributed by atoms with Gasteiger partial charge in [-0.3, -0.25) is 4.72 Å². The van der Waals surface area contributed by atoms with Gasteiger partial charge in [0.1, 0.15) is 0 Å². The molecule has 6 nitrogen and oxygen atoms in total. The molecule has 0 fully saturated rings. The molecule has 2 aromatic rings. The van der Waals surface area contributed by atoms with E-state index in [4.69, 9.17) is 16.7 Å². The number of benzene rings is 2. The second-order valence-corrected chi connectivity index (χ2v) is 6.14. The van der Waals surface area contributed by atoms with E-state index >= 15 is 0 Å². The Morgan fingerprint density at radius 2 is 1.82 bits per heavy atom. The van der Waals surface area contributed by atoms with Crippen LogP contribution in [0, 0.1) is 0 Å². The molecular formula is C13H9ClKNO5S-. The number of sulfonamides is 1. The fourth-order valence-electron chi connectivity index (χ4n) is 1.59. The zero-order valence-electron chi connectivity index (χ0n) is 11.4. The summed E-state index contributed by atoms with van der Waals surface area (Å²) in [5.74, 6) is -2.26. The van der Waals surface area contributed by atoms with Crippen LogP contribution in [0.15, 0.2) is 47.4 Å². The Kier molecular flexibility index (Phi) is 6.87. The maximum atomic E-state index is 12.2. The van der Waals surface area contributed by atoms with Gasteiger partial charge in [0.05, 0.1) is 21.2 Å². The van der Waals surface area contributed by atoms with Crippen LogP contribution in [0.25, 0.3) is 0 Å². The van der Waals surface area contributed by atoms with Gasteiger partial charge in [0.15, 0.2) is 0 Å². The molecule has 0 aliphatic heterocycles. The molecule has 111 valence electrons. The quantitative estimate of drug-likeness (QED) is 0.799. The molecule has 0 aromatic heterocycles. The Morgan fingerprint density at radius 3 is 2.41 bits per heavy atom. The number of carbonyl (C=O) groups is 1. The van der Waals surface area contributed by atoms with Crippen LogP contribution in [-0.4, -0.2) is 70.9 Å². The van der Waals surface area contributed by atoms with Gasteiger partial charge in [0, 0.05) is 51.4 Å². The molecule has 0 aliphatic carbocycles. The molecule has 0 spiro atoms. The fraction of sp³-hybridized carbons (Fsp3) is 0. The van der Waals surface area contributed by atoms with Crippen LogP contribution < -0.4 is 9.83 Å². The molecule has 0 amide bonds. The number of halogens is 1. The van der Waals surface area contributed by atoms with Crippen molar-refractivity contribution in [2.24, 2.45) is 0 Å². The number of aromatic carboxylic acids is 1. The molecule has 1 radical (unpaired) electrons. The monoisotopic (exact) mass is 365 g/mol. The number of para-hydroxylation sites is 1. The van der Waals surface area contributed by atoms with E-state index in [0.29, 0.717) is 0 Å². The van der Waals surface area contributed by atoms with Crippen LogP contribution in [0.4, 0.5) is 5.69 Å². The van der Waals surface area contributed by atoms with Crippen molar-refractivity contribution in [2.45, 2.75) is 4.90 Å². The van der Waals surface area contributed by atoms with E-state index in [2.05, 4.69) is 4.72 Å². The number of rotatable bonds is 4. The molecule has 2 aromatic carbocycles. The third kappa shape index (κ3) is 4.45. The van der Waals surface area contributed by atoms with Crippen molar-refractivity contribution in [1.82, 2.24) is 0 Å². The summed E-state index contributed by atoms with van der Waals surface area (Å²) in [5.41, 5.74) is -0.459. The van der Waals surface area contributed by atoms with Gasteiger partial charge in [0.2, 0.25) is 0 Å². The number of hydrogen-bond donors (Lipinski definition) is 2. The summed E-state index contributed by atoms with van der Waals surface area (Å²) in [6.07, 6.45) is 0. The number of hydrogen-bond acceptors (Lipinski definition) is 4. The van der Waals surface area contributed by atoms with Gasteiger partial charge < -0.3 is 10.2 Å². The molecule has 9 heteroatoms. The number of carboxylic acid groups (broad SMARTS) is 1. The summed E-state index contributed by atoms with van der Waals surface area (Å²) in [6, 6.07) is 8.92. The number of carboxylic acids is 1. The molecule has 0 atom stereocenters. The van der Waals surface area contributed by atoms with Crippen LogP contribution in [0.1, 0.15) is 10.4 Å². The molecule has 0 saturated heterocycles. The Labute approximate surface area is 174 Å². The topological polar surface area (TPSA) is 107 Å². The largest absolute Gasteiger partial charge is 0.872 e. The van der Waals surface area contributed by atoms with E-state index in [-0.39, 0.29) is 67.0 Å². The molecule has 0 aliphatic rings. The van der Waals surface area contributed by atoms with Gasteiger partial charge >= 0.3 is 5.97 Å². The minimum atomic E-state index is -4.05. The van der Waals surface area contributed by atoms with Crippen LogP contribution >= 0.6 is 11.6 Å². The summed E-state index contributed by atoms with van der Waals surface area (Å²) in [5, 5.41) is 20.4. The van der Waals surface area contributed by atoms with Gasteiger partial charge in [-0.2, -0.15) is 0 Å². The Hall–Kier alpha value is -0.614. The van der Waals surface area contributed by atoms with Gasteiger partial charge in [-0.25, -0.2) is 13.2 Å². The van der Waals surface area contributed by atoms with Crippen LogP contribution in [0.3, 0.4) is 0 Å². The summed E-state index contributed by atoms with van der Waals surface area (Å²) < 4.78 is 26.6. The second-order valence-electron chi connectivity index (χ2n) is 4.05. The summed E-state index contributed by atoms with van der Waals surface area (Å²) in [4.78, 5) is 10.5. The normalized spacial score (nSPS) is 10.6. The van der Waals surface area contributed by atoms with E-state index in [1.165, 1.54) is 12.1 Å². The zero-order chi connectivity index (χ0) is 15.6. The fourth-order valence-corrected chi connectivity index (χ4v) is 2.94. The summed E-state index contributed by atoms with van der Waals surface area (Å²) >= 11 is 5.85. The molecule has 0 unspecified atom stereocenters. The molecular weight excluding hydrogens is 357 g/mol. The predicted molar refractivity (Wildman–Crippen MR) is 80.9 cm³/mol. The summed E-state index contributed by atoms with van der Waals surface area (Å²) in [6.45, 7) is 0. The first kappa shape index (κ1) is 19.4. The van der Waals surface area contributed by atoms with E-state index in [1.807, 2.05) is 0 Å². The van der Waals surface area contributed by atoms with Crippen molar-refractivity contribution in [1.29, 1.82) is 0 Å². The number of nitrogens with one attached hydrogen (secondary N) is 1. The number of anilines is 1. The maximum Gasteiger partial charge on any atom is 0.335 e. The Morgan fingerprint density at radius 1 is 1.18 bits per heavy atom. The molecule has 0 heterocycles. The first-order valence-electron chi connectivity index (χ1n) is 5.63. The van der Waals surface area contributed by atoms with E-state index < -0.39 is 27.3 Å². The van der Waals surface area contributed by atoms with Crippen LogP contribution in [-0.2, 0) is 10.0 Å². The van der Waals surface area contributed by atoms with Gasteiger partial charge in [0.25, 0.3) is 10.0 Å². The molecule has 22 heavy (non-hydrogen) atoms. The first-order valence-corrected chi connectivity index (χ1v) is 7.49. The van der Waals surface area contributed by atoms with E-state index in [9.17, 15) is 18.3 Å². The zero-order valence-corrected chi connectivity index (χ0v) is 16.1. The predicted octanol–water partition coefficient (Wildman–Crippen LogP) is 1.53. The smallest absolute Gasteiger partial charge is 0.335 e. The second kappa shape index (κ2) is 7.78. The minimum Gasteiger partial charge on any atom is -0.872 e. The van der Waals surface area contributed by atoms with E-state index in [0.717, 1.165) is 18.2 Å². The van der Waals surface area contributed by atoms with Gasteiger partial charge in [-0.15, -0.1) is 0 Å². The van der Waals surface area contributed by atoms with Crippen molar-refractivity contribution < 1.29 is 23.4 Å². The SMILES string of the molecule is O=C(O)c1cc(S(=O)(=O)Nc2ccccc2Cl)ccc1[O-].[K]. The van der Waals surface area contributed by atoms with Crippen molar-refractivity contribution >= 4 is 84.7 Å². The third-order valence-corrected chi connectivity index (χ3v) is 4.30. The van der Waals surface area contributed by atoms with Gasteiger partial charge in [-0.1, -0.05) is 35.5 Å². The minimum absolute atomic E-state index is 0. The molecule has 2 N–H and O–H groups in total. The Bertz CT molecular complexity index is 810. The average molecular weight is 366 g/mol. The first-order chi connectivity index (χ1) is 9.81. The van der Waals surface area contributed by atoms with Crippen LogP contribution in [0.5, 0.6) is 5.75 Å². The molecule has 2 rings (SSSR count). The summed E-state index contributed by atoms with van der Waals surface area (Å²) in [7, 11) is -4.05. The van der Waals surface area contributed by atoms with Crippen molar-refractivity contribution in [2.75, 3.05) is 4.72 Å². The molecule has 0 saturated carbocycles.